The zero-order valence-electron chi connectivity index (χ0n) is 12.1. The summed E-state index contributed by atoms with van der Waals surface area (Å²) in [5.74, 6) is -0.423. The zero-order valence-corrected chi connectivity index (χ0v) is 13.7. The van der Waals surface area contributed by atoms with E-state index < -0.39 is 15.9 Å². The maximum Gasteiger partial charge on any atom is 0.255 e. The summed E-state index contributed by atoms with van der Waals surface area (Å²) in [6.45, 7) is 3.57. The van der Waals surface area contributed by atoms with Crippen molar-refractivity contribution in [2.24, 2.45) is 0 Å². The van der Waals surface area contributed by atoms with E-state index in [1.165, 1.54) is 30.3 Å². The van der Waals surface area contributed by atoms with Gasteiger partial charge in [-0.15, -0.1) is 6.58 Å². The lowest BCUT2D eigenvalue weighted by Crippen LogP contribution is -2.24. The van der Waals surface area contributed by atoms with Crippen LogP contribution in [0.4, 0.5) is 5.69 Å². The molecular weight excluding hydrogens is 336 g/mol. The molecule has 7 heteroatoms. The van der Waals surface area contributed by atoms with Crippen LogP contribution in [-0.2, 0) is 10.0 Å². The van der Waals surface area contributed by atoms with Crippen LogP contribution in [0.3, 0.4) is 0 Å². The number of rotatable bonds is 6. The number of halogens is 1. The first kappa shape index (κ1) is 17.2. The highest BCUT2D eigenvalue weighted by molar-refractivity contribution is 7.89. The van der Waals surface area contributed by atoms with Gasteiger partial charge in [0.2, 0.25) is 10.0 Å². The number of benzene rings is 2. The molecule has 0 bridgehead atoms. The molecule has 0 spiro atoms. The molecule has 0 aliphatic carbocycles. The average Bonchev–Trinajstić information content (AvgIpc) is 2.53. The maximum absolute atomic E-state index is 12.2. The summed E-state index contributed by atoms with van der Waals surface area (Å²) >= 11 is 5.86. The van der Waals surface area contributed by atoms with Crippen molar-refractivity contribution in [3.63, 3.8) is 0 Å². The van der Waals surface area contributed by atoms with Crippen LogP contribution < -0.4 is 10.0 Å². The second kappa shape index (κ2) is 7.41. The van der Waals surface area contributed by atoms with Crippen LogP contribution in [0, 0.1) is 0 Å². The van der Waals surface area contributed by atoms with E-state index in [9.17, 15) is 13.2 Å². The smallest absolute Gasteiger partial charge is 0.255 e. The van der Waals surface area contributed by atoms with Crippen LogP contribution in [0.25, 0.3) is 0 Å². The van der Waals surface area contributed by atoms with Crippen LogP contribution in [0.15, 0.2) is 66.1 Å². The first-order chi connectivity index (χ1) is 10.9. The number of hydrogen-bond acceptors (Lipinski definition) is 3. The molecule has 0 fully saturated rings. The van der Waals surface area contributed by atoms with Gasteiger partial charge in [-0.05, 0) is 36.4 Å². The Hall–Kier alpha value is -2.15. The number of nitrogens with one attached hydrogen (secondary N) is 2. The lowest BCUT2D eigenvalue weighted by molar-refractivity contribution is 0.102. The predicted octanol–water partition coefficient (Wildman–Crippen LogP) is 3.06. The number of sulfonamides is 1. The van der Waals surface area contributed by atoms with E-state index in [1.807, 2.05) is 0 Å². The van der Waals surface area contributed by atoms with Crippen LogP contribution in [0.1, 0.15) is 10.4 Å². The van der Waals surface area contributed by atoms with Gasteiger partial charge in [-0.1, -0.05) is 29.8 Å². The normalized spacial score (nSPS) is 11.0. The van der Waals surface area contributed by atoms with Gasteiger partial charge in [-0.3, -0.25) is 4.79 Å². The van der Waals surface area contributed by atoms with E-state index in [4.69, 9.17) is 11.6 Å². The van der Waals surface area contributed by atoms with Crippen LogP contribution in [-0.4, -0.2) is 20.9 Å². The summed E-state index contributed by atoms with van der Waals surface area (Å²) in [7, 11) is -3.68. The molecule has 2 aromatic carbocycles. The second-order valence-electron chi connectivity index (χ2n) is 4.63. The molecule has 1 amide bonds. The van der Waals surface area contributed by atoms with Crippen molar-refractivity contribution in [1.82, 2.24) is 4.72 Å². The predicted molar refractivity (Wildman–Crippen MR) is 91.2 cm³/mol. The molecule has 0 radical (unpaired) electrons. The van der Waals surface area contributed by atoms with Gasteiger partial charge in [0.05, 0.1) is 4.90 Å². The van der Waals surface area contributed by atoms with Gasteiger partial charge in [-0.25, -0.2) is 13.1 Å². The van der Waals surface area contributed by atoms with Gasteiger partial charge in [0.1, 0.15) is 0 Å². The molecule has 0 heterocycles. The van der Waals surface area contributed by atoms with E-state index in [2.05, 4.69) is 16.6 Å². The molecule has 0 saturated carbocycles. The molecule has 2 rings (SSSR count). The highest BCUT2D eigenvalue weighted by Crippen LogP contribution is 2.17. The highest BCUT2D eigenvalue weighted by Gasteiger charge is 2.15. The van der Waals surface area contributed by atoms with Crippen molar-refractivity contribution >= 4 is 33.2 Å². The molecule has 2 aromatic rings. The van der Waals surface area contributed by atoms with E-state index >= 15 is 0 Å². The minimum atomic E-state index is -3.68. The minimum Gasteiger partial charge on any atom is -0.322 e. The number of anilines is 1. The Labute approximate surface area is 140 Å². The number of hydrogen-bond donors (Lipinski definition) is 2. The standard InChI is InChI=1S/C16H15ClN2O3S/c1-2-9-18-23(21,22)15-8-3-5-12(10-15)16(20)19-14-7-4-6-13(17)11-14/h2-8,10-11,18H,1,9H2,(H,19,20). The molecule has 0 aliphatic heterocycles. The Morgan fingerprint density at radius 1 is 1.17 bits per heavy atom. The monoisotopic (exact) mass is 350 g/mol. The first-order valence-corrected chi connectivity index (χ1v) is 8.56. The third-order valence-corrected chi connectivity index (χ3v) is 4.56. The Morgan fingerprint density at radius 2 is 1.91 bits per heavy atom. The molecule has 0 aliphatic rings. The fourth-order valence-corrected chi connectivity index (χ4v) is 3.06. The van der Waals surface area contributed by atoms with E-state index in [0.29, 0.717) is 10.7 Å². The second-order valence-corrected chi connectivity index (χ2v) is 6.84. The van der Waals surface area contributed by atoms with Crippen molar-refractivity contribution in [3.05, 3.63) is 71.8 Å². The molecule has 0 unspecified atom stereocenters. The van der Waals surface area contributed by atoms with Gasteiger partial charge in [0, 0.05) is 22.8 Å². The Morgan fingerprint density at radius 3 is 2.61 bits per heavy atom. The molecule has 23 heavy (non-hydrogen) atoms. The summed E-state index contributed by atoms with van der Waals surface area (Å²) in [6.07, 6.45) is 1.44. The Balaban J connectivity index is 2.22. The fraction of sp³-hybridized carbons (Fsp3) is 0.0625. The van der Waals surface area contributed by atoms with E-state index in [1.54, 1.807) is 24.3 Å². The van der Waals surface area contributed by atoms with Gasteiger partial charge in [0.15, 0.2) is 0 Å². The summed E-state index contributed by atoms with van der Waals surface area (Å²) in [5, 5.41) is 3.16. The number of carbonyl (C=O) groups is 1. The fourth-order valence-electron chi connectivity index (χ4n) is 1.83. The van der Waals surface area contributed by atoms with Gasteiger partial charge < -0.3 is 5.32 Å². The Kier molecular flexibility index (Phi) is 5.54. The molecule has 2 N–H and O–H groups in total. The van der Waals surface area contributed by atoms with Crippen molar-refractivity contribution < 1.29 is 13.2 Å². The van der Waals surface area contributed by atoms with Crippen molar-refractivity contribution in [3.8, 4) is 0 Å². The largest absolute Gasteiger partial charge is 0.322 e. The summed E-state index contributed by atoms with van der Waals surface area (Å²) < 4.78 is 26.5. The van der Waals surface area contributed by atoms with Gasteiger partial charge in [-0.2, -0.15) is 0 Å². The SMILES string of the molecule is C=CCNS(=O)(=O)c1cccc(C(=O)Nc2cccc(Cl)c2)c1. The summed E-state index contributed by atoms with van der Waals surface area (Å²) in [6, 6.07) is 12.5. The maximum atomic E-state index is 12.2. The zero-order chi connectivity index (χ0) is 16.9. The van der Waals surface area contributed by atoms with Crippen LogP contribution in [0.5, 0.6) is 0 Å². The Bertz CT molecular complexity index is 835. The van der Waals surface area contributed by atoms with Crippen LogP contribution >= 0.6 is 11.6 Å². The van der Waals surface area contributed by atoms with Crippen molar-refractivity contribution in [2.75, 3.05) is 11.9 Å². The molecular formula is C16H15ClN2O3S. The molecule has 0 aromatic heterocycles. The van der Waals surface area contributed by atoms with E-state index in [-0.39, 0.29) is 17.0 Å². The highest BCUT2D eigenvalue weighted by atomic mass is 35.5. The quantitative estimate of drug-likeness (QED) is 0.786. The lowest BCUT2D eigenvalue weighted by Gasteiger charge is -2.08. The third-order valence-electron chi connectivity index (χ3n) is 2.91. The topological polar surface area (TPSA) is 75.3 Å². The van der Waals surface area contributed by atoms with Crippen molar-refractivity contribution in [2.45, 2.75) is 4.90 Å². The lowest BCUT2D eigenvalue weighted by atomic mass is 10.2. The van der Waals surface area contributed by atoms with Crippen LogP contribution in [0.2, 0.25) is 5.02 Å². The molecule has 0 atom stereocenters. The minimum absolute atomic E-state index is 0.0121. The third kappa shape index (κ3) is 4.66. The van der Waals surface area contributed by atoms with Gasteiger partial charge >= 0.3 is 0 Å². The average molecular weight is 351 g/mol. The molecule has 0 saturated heterocycles. The molecule has 120 valence electrons. The van der Waals surface area contributed by atoms with E-state index in [0.717, 1.165) is 0 Å². The summed E-state index contributed by atoms with van der Waals surface area (Å²) in [5.41, 5.74) is 0.756. The number of carbonyl (C=O) groups excluding carboxylic acids is 1. The number of amides is 1. The van der Waals surface area contributed by atoms with Crippen molar-refractivity contribution in [1.29, 1.82) is 0 Å². The first-order valence-electron chi connectivity index (χ1n) is 6.70. The van der Waals surface area contributed by atoms with Gasteiger partial charge in [0.25, 0.3) is 5.91 Å². The summed E-state index contributed by atoms with van der Waals surface area (Å²) in [4.78, 5) is 12.2. The molecule has 5 nitrogen and oxygen atoms in total.